The van der Waals surface area contributed by atoms with Gasteiger partial charge in [0.15, 0.2) is 0 Å². The fourth-order valence-corrected chi connectivity index (χ4v) is 4.54. The molecule has 1 heteroatoms. The Bertz CT molecular complexity index is 244. The Morgan fingerprint density at radius 3 is 1.71 bits per heavy atom. The van der Waals surface area contributed by atoms with E-state index in [-0.39, 0.29) is 0 Å². The van der Waals surface area contributed by atoms with Gasteiger partial charge in [0.2, 0.25) is 0 Å². The van der Waals surface area contributed by atoms with Crippen molar-refractivity contribution in [3.05, 3.63) is 0 Å². The normalized spacial score (nSPS) is 56.3. The first-order valence-corrected chi connectivity index (χ1v) is 6.20. The van der Waals surface area contributed by atoms with Crippen molar-refractivity contribution in [3.8, 4) is 0 Å². The first-order chi connectivity index (χ1) is 6.66. The molecule has 78 valence electrons. The molecule has 3 fully saturated rings. The zero-order chi connectivity index (χ0) is 9.87. The molecule has 3 aliphatic carbocycles. The summed E-state index contributed by atoms with van der Waals surface area (Å²) in [5, 5.41) is 0. The molecule has 3 aliphatic rings. The maximum absolute atomic E-state index is 12.2. The first kappa shape index (κ1) is 8.94. The van der Waals surface area contributed by atoms with E-state index in [9.17, 15) is 4.79 Å². The van der Waals surface area contributed by atoms with Gasteiger partial charge in [0.05, 0.1) is 0 Å². The van der Waals surface area contributed by atoms with Crippen LogP contribution in [0.1, 0.15) is 39.5 Å². The smallest absolute Gasteiger partial charge is 0.139 e. The van der Waals surface area contributed by atoms with Crippen LogP contribution < -0.4 is 0 Å². The number of hydrogen-bond acceptors (Lipinski definition) is 1. The predicted octanol–water partition coefficient (Wildman–Crippen LogP) is 2.89. The van der Waals surface area contributed by atoms with Gasteiger partial charge in [-0.3, -0.25) is 4.79 Å². The number of fused-ring (bicyclic) bond motifs is 3. The minimum atomic E-state index is 0.479. The Morgan fingerprint density at radius 2 is 1.29 bits per heavy atom. The molecule has 14 heavy (non-hydrogen) atoms. The maximum Gasteiger partial charge on any atom is 0.139 e. The van der Waals surface area contributed by atoms with Gasteiger partial charge in [-0.25, -0.2) is 0 Å². The minimum absolute atomic E-state index is 0.479. The van der Waals surface area contributed by atoms with Crippen LogP contribution in [0.4, 0.5) is 0 Å². The number of carbonyl (C=O) groups is 1. The molecule has 0 bridgehead atoms. The zero-order valence-electron chi connectivity index (χ0n) is 9.20. The number of carbonyl (C=O) groups excluding carboxylic acids is 1. The Balaban J connectivity index is 1.87. The van der Waals surface area contributed by atoms with Crippen LogP contribution in [-0.4, -0.2) is 5.78 Å². The van der Waals surface area contributed by atoms with Gasteiger partial charge in [0.25, 0.3) is 0 Å². The fourth-order valence-electron chi connectivity index (χ4n) is 4.54. The number of ketones is 1. The third-order valence-corrected chi connectivity index (χ3v) is 4.98. The number of hydrogen-bond donors (Lipinski definition) is 0. The van der Waals surface area contributed by atoms with Crippen molar-refractivity contribution in [1.29, 1.82) is 0 Å². The van der Waals surface area contributed by atoms with Gasteiger partial charge in [0, 0.05) is 11.8 Å². The average Bonchev–Trinajstić information content (AvgIpc) is 2.71. The highest BCUT2D eigenvalue weighted by atomic mass is 16.1. The lowest BCUT2D eigenvalue weighted by Gasteiger charge is -2.16. The summed E-state index contributed by atoms with van der Waals surface area (Å²) >= 11 is 0. The quantitative estimate of drug-likeness (QED) is 0.577. The summed E-state index contributed by atoms with van der Waals surface area (Å²) in [7, 11) is 0. The maximum atomic E-state index is 12.2. The molecule has 0 heterocycles. The lowest BCUT2D eigenvalue weighted by molar-refractivity contribution is -0.124. The standard InChI is InChI=1S/C13H20O/c1-7-3-9-10-4-8(2)6-12(10)13(14)11(9)5-7/h7-12H,3-6H2,1-2H3. The van der Waals surface area contributed by atoms with Crippen LogP contribution in [0, 0.1) is 35.5 Å². The van der Waals surface area contributed by atoms with Crippen LogP contribution in [0.25, 0.3) is 0 Å². The monoisotopic (exact) mass is 192 g/mol. The van der Waals surface area contributed by atoms with Crippen molar-refractivity contribution in [2.75, 3.05) is 0 Å². The summed E-state index contributed by atoms with van der Waals surface area (Å²) in [6.45, 7) is 4.64. The van der Waals surface area contributed by atoms with E-state index in [0.717, 1.165) is 23.7 Å². The van der Waals surface area contributed by atoms with Gasteiger partial charge in [-0.1, -0.05) is 13.8 Å². The molecule has 0 aromatic rings. The molecular weight excluding hydrogens is 172 g/mol. The molecule has 3 rings (SSSR count). The molecule has 0 N–H and O–H groups in total. The van der Waals surface area contributed by atoms with Gasteiger partial charge in [-0.2, -0.15) is 0 Å². The Hall–Kier alpha value is -0.330. The molecule has 1 nitrogen and oxygen atoms in total. The van der Waals surface area contributed by atoms with Crippen molar-refractivity contribution < 1.29 is 4.79 Å². The minimum Gasteiger partial charge on any atom is -0.299 e. The lowest BCUT2D eigenvalue weighted by Crippen LogP contribution is -2.14. The summed E-state index contributed by atoms with van der Waals surface area (Å²) in [4.78, 5) is 12.2. The van der Waals surface area contributed by atoms with Crippen LogP contribution >= 0.6 is 0 Å². The molecule has 0 aliphatic heterocycles. The topological polar surface area (TPSA) is 17.1 Å². The molecule has 0 amide bonds. The Labute approximate surface area is 86.3 Å². The van der Waals surface area contributed by atoms with Crippen LogP contribution in [0.5, 0.6) is 0 Å². The molecule has 0 aromatic heterocycles. The van der Waals surface area contributed by atoms with Crippen molar-refractivity contribution in [2.24, 2.45) is 35.5 Å². The van der Waals surface area contributed by atoms with E-state index in [1.54, 1.807) is 0 Å². The van der Waals surface area contributed by atoms with E-state index in [0.29, 0.717) is 17.6 Å². The third kappa shape index (κ3) is 1.04. The summed E-state index contributed by atoms with van der Waals surface area (Å²) in [5.74, 6) is 4.80. The highest BCUT2D eigenvalue weighted by Gasteiger charge is 2.55. The van der Waals surface area contributed by atoms with E-state index < -0.39 is 0 Å². The molecule has 6 atom stereocenters. The summed E-state index contributed by atoms with van der Waals surface area (Å²) in [6, 6.07) is 0. The summed E-state index contributed by atoms with van der Waals surface area (Å²) in [6.07, 6.45) is 5.07. The predicted molar refractivity (Wildman–Crippen MR) is 55.8 cm³/mol. The molecule has 0 radical (unpaired) electrons. The lowest BCUT2D eigenvalue weighted by atomic mass is 9.88. The van der Waals surface area contributed by atoms with Crippen LogP contribution in [0.3, 0.4) is 0 Å². The average molecular weight is 192 g/mol. The van der Waals surface area contributed by atoms with Gasteiger partial charge in [-0.15, -0.1) is 0 Å². The number of rotatable bonds is 0. The van der Waals surface area contributed by atoms with Crippen molar-refractivity contribution in [3.63, 3.8) is 0 Å². The zero-order valence-corrected chi connectivity index (χ0v) is 9.20. The van der Waals surface area contributed by atoms with Crippen LogP contribution in [0.15, 0.2) is 0 Å². The van der Waals surface area contributed by atoms with Gasteiger partial charge in [0.1, 0.15) is 5.78 Å². The second-order valence-electron chi connectivity index (χ2n) is 6.10. The molecule has 6 unspecified atom stereocenters. The second-order valence-corrected chi connectivity index (χ2v) is 6.10. The molecule has 0 spiro atoms. The van der Waals surface area contributed by atoms with E-state index >= 15 is 0 Å². The molecule has 0 saturated heterocycles. The van der Waals surface area contributed by atoms with Crippen molar-refractivity contribution in [1.82, 2.24) is 0 Å². The van der Waals surface area contributed by atoms with E-state index in [2.05, 4.69) is 13.8 Å². The number of Topliss-reactive ketones (excluding diaryl/α,β-unsaturated/α-hetero) is 1. The van der Waals surface area contributed by atoms with Gasteiger partial charge in [-0.05, 0) is 49.4 Å². The van der Waals surface area contributed by atoms with E-state index in [1.165, 1.54) is 25.7 Å². The molecular formula is C13H20O. The Morgan fingerprint density at radius 1 is 0.857 bits per heavy atom. The second kappa shape index (κ2) is 2.84. The largest absolute Gasteiger partial charge is 0.299 e. The first-order valence-electron chi connectivity index (χ1n) is 6.20. The van der Waals surface area contributed by atoms with Gasteiger partial charge < -0.3 is 0 Å². The van der Waals surface area contributed by atoms with E-state index in [1.807, 2.05) is 0 Å². The van der Waals surface area contributed by atoms with Crippen LogP contribution in [-0.2, 0) is 4.79 Å². The van der Waals surface area contributed by atoms with E-state index in [4.69, 9.17) is 0 Å². The van der Waals surface area contributed by atoms with Crippen molar-refractivity contribution >= 4 is 5.78 Å². The Kier molecular flexibility index (Phi) is 1.81. The third-order valence-electron chi connectivity index (χ3n) is 4.98. The van der Waals surface area contributed by atoms with Crippen molar-refractivity contribution in [2.45, 2.75) is 39.5 Å². The fraction of sp³-hybridized carbons (Fsp3) is 0.923. The summed E-state index contributed by atoms with van der Waals surface area (Å²) < 4.78 is 0. The SMILES string of the molecule is CC1CC2C(=O)C3CC(C)CC3C2C1. The van der Waals surface area contributed by atoms with Gasteiger partial charge >= 0.3 is 0 Å². The molecule has 3 saturated carbocycles. The highest BCUT2D eigenvalue weighted by Crippen LogP contribution is 2.57. The highest BCUT2D eigenvalue weighted by molar-refractivity contribution is 5.87. The van der Waals surface area contributed by atoms with Crippen LogP contribution in [0.2, 0.25) is 0 Å². The molecule has 0 aromatic carbocycles. The summed E-state index contributed by atoms with van der Waals surface area (Å²) in [5.41, 5.74) is 0.